The Hall–Kier alpha value is -2.70. The highest BCUT2D eigenvalue weighted by Crippen LogP contribution is 2.24. The molecule has 0 saturated heterocycles. The Morgan fingerprint density at radius 2 is 1.93 bits per heavy atom. The third-order valence-electron chi connectivity index (χ3n) is 4.28. The van der Waals surface area contributed by atoms with Crippen LogP contribution in [0.3, 0.4) is 0 Å². The molecular formula is C20H17ClN4OS. The molecule has 4 aromatic rings. The van der Waals surface area contributed by atoms with Crippen LogP contribution in [0.5, 0.6) is 0 Å². The topological polar surface area (TPSA) is 59.8 Å². The van der Waals surface area contributed by atoms with Crippen molar-refractivity contribution in [3.05, 3.63) is 75.5 Å². The first-order valence-corrected chi connectivity index (χ1v) is 9.64. The van der Waals surface area contributed by atoms with E-state index in [-0.39, 0.29) is 5.91 Å². The van der Waals surface area contributed by atoms with Crippen LogP contribution < -0.4 is 5.32 Å². The van der Waals surface area contributed by atoms with Gasteiger partial charge in [-0.3, -0.25) is 9.48 Å². The number of rotatable bonds is 4. The van der Waals surface area contributed by atoms with Crippen molar-refractivity contribution in [1.82, 2.24) is 14.8 Å². The summed E-state index contributed by atoms with van der Waals surface area (Å²) in [6, 6.07) is 15.9. The third kappa shape index (κ3) is 3.59. The fourth-order valence-corrected chi connectivity index (χ4v) is 4.22. The lowest BCUT2D eigenvalue weighted by molar-refractivity contribution is 0.102. The van der Waals surface area contributed by atoms with Crippen LogP contribution in [0.2, 0.25) is 5.15 Å². The number of halogens is 1. The number of aryl methyl sites for hydroxylation is 2. The van der Waals surface area contributed by atoms with Crippen LogP contribution in [-0.4, -0.2) is 20.7 Å². The molecule has 0 fully saturated rings. The van der Waals surface area contributed by atoms with Gasteiger partial charge in [-0.05, 0) is 36.8 Å². The minimum absolute atomic E-state index is 0.260. The Labute approximate surface area is 165 Å². The number of para-hydroxylation sites is 1. The summed E-state index contributed by atoms with van der Waals surface area (Å²) in [5.41, 5.74) is 3.89. The molecule has 136 valence electrons. The number of fused-ring (bicyclic) bond motifs is 1. The van der Waals surface area contributed by atoms with Crippen LogP contribution in [0, 0.1) is 6.92 Å². The number of nitrogens with zero attached hydrogens (tertiary/aromatic N) is 3. The van der Waals surface area contributed by atoms with Crippen LogP contribution in [0.15, 0.2) is 48.5 Å². The van der Waals surface area contributed by atoms with E-state index in [0.29, 0.717) is 22.1 Å². The largest absolute Gasteiger partial charge is 0.322 e. The van der Waals surface area contributed by atoms with Gasteiger partial charge in [0.2, 0.25) is 0 Å². The zero-order valence-corrected chi connectivity index (χ0v) is 16.4. The second kappa shape index (κ2) is 7.13. The van der Waals surface area contributed by atoms with Crippen molar-refractivity contribution >= 4 is 44.7 Å². The van der Waals surface area contributed by atoms with E-state index < -0.39 is 0 Å². The summed E-state index contributed by atoms with van der Waals surface area (Å²) < 4.78 is 2.69. The molecule has 2 aromatic carbocycles. The summed E-state index contributed by atoms with van der Waals surface area (Å²) in [6.07, 6.45) is 0.765. The molecule has 1 N–H and O–H groups in total. The molecule has 4 rings (SSSR count). The van der Waals surface area contributed by atoms with Crippen LogP contribution >= 0.6 is 22.9 Å². The maximum absolute atomic E-state index is 12.5. The number of amides is 1. The number of hydrogen-bond donors (Lipinski definition) is 1. The number of benzene rings is 2. The van der Waals surface area contributed by atoms with Crippen molar-refractivity contribution < 1.29 is 4.79 Å². The number of anilines is 1. The number of carbonyl (C=O) groups excluding carboxylic acids is 1. The summed E-state index contributed by atoms with van der Waals surface area (Å²) in [5, 5.41) is 8.45. The standard InChI is InChI=1S/C20H17ClN4OS/c1-12-18(19(21)25(2)24-12)20(26)22-14-9-7-13(8-10-14)11-17-23-15-5-3-4-6-16(15)27-17/h3-10H,11H2,1-2H3,(H,22,26). The van der Waals surface area contributed by atoms with Crippen LogP contribution in [0.4, 0.5) is 5.69 Å². The predicted molar refractivity (Wildman–Crippen MR) is 110 cm³/mol. The highest BCUT2D eigenvalue weighted by Gasteiger charge is 2.19. The lowest BCUT2D eigenvalue weighted by Crippen LogP contribution is -2.13. The van der Waals surface area contributed by atoms with E-state index in [1.807, 2.05) is 42.5 Å². The number of nitrogens with one attached hydrogen (secondary N) is 1. The van der Waals surface area contributed by atoms with E-state index in [4.69, 9.17) is 11.6 Å². The number of carbonyl (C=O) groups is 1. The van der Waals surface area contributed by atoms with E-state index in [0.717, 1.165) is 22.5 Å². The fourth-order valence-electron chi connectivity index (χ4n) is 2.96. The fraction of sp³-hybridized carbons (Fsp3) is 0.150. The number of thiazole rings is 1. The molecule has 5 nitrogen and oxygen atoms in total. The number of hydrogen-bond acceptors (Lipinski definition) is 4. The molecule has 2 aromatic heterocycles. The van der Waals surface area contributed by atoms with Crippen LogP contribution in [-0.2, 0) is 13.5 Å². The molecule has 0 aliphatic rings. The van der Waals surface area contributed by atoms with Crippen molar-refractivity contribution in [3.63, 3.8) is 0 Å². The Bertz CT molecular complexity index is 1100. The van der Waals surface area contributed by atoms with Crippen molar-refractivity contribution in [2.45, 2.75) is 13.3 Å². The molecule has 0 atom stereocenters. The molecule has 0 unspecified atom stereocenters. The SMILES string of the molecule is Cc1nn(C)c(Cl)c1C(=O)Nc1ccc(Cc2nc3ccccc3s2)cc1. The van der Waals surface area contributed by atoms with E-state index >= 15 is 0 Å². The van der Waals surface area contributed by atoms with Gasteiger partial charge < -0.3 is 5.32 Å². The van der Waals surface area contributed by atoms with Gasteiger partial charge in [0, 0.05) is 19.2 Å². The molecule has 0 spiro atoms. The Morgan fingerprint density at radius 1 is 1.19 bits per heavy atom. The van der Waals surface area contributed by atoms with Crippen LogP contribution in [0.25, 0.3) is 10.2 Å². The van der Waals surface area contributed by atoms with Gasteiger partial charge in [-0.15, -0.1) is 11.3 Å². The zero-order chi connectivity index (χ0) is 19.0. The highest BCUT2D eigenvalue weighted by molar-refractivity contribution is 7.18. The normalized spacial score (nSPS) is 11.1. The van der Waals surface area contributed by atoms with Gasteiger partial charge in [0.15, 0.2) is 0 Å². The predicted octanol–water partition coefficient (Wildman–Crippen LogP) is 4.83. The van der Waals surface area contributed by atoms with Crippen molar-refractivity contribution in [1.29, 1.82) is 0 Å². The monoisotopic (exact) mass is 396 g/mol. The van der Waals surface area contributed by atoms with E-state index in [9.17, 15) is 4.79 Å². The lowest BCUT2D eigenvalue weighted by Gasteiger charge is -2.06. The molecule has 27 heavy (non-hydrogen) atoms. The Balaban J connectivity index is 1.48. The van der Waals surface area contributed by atoms with Gasteiger partial charge in [0.05, 0.1) is 26.5 Å². The molecule has 0 aliphatic carbocycles. The van der Waals surface area contributed by atoms with Gasteiger partial charge in [-0.25, -0.2) is 4.98 Å². The smallest absolute Gasteiger partial charge is 0.260 e. The first kappa shape index (κ1) is 17.7. The molecule has 2 heterocycles. The number of aromatic nitrogens is 3. The first-order valence-electron chi connectivity index (χ1n) is 8.45. The Kier molecular flexibility index (Phi) is 4.68. The summed E-state index contributed by atoms with van der Waals surface area (Å²) in [6.45, 7) is 1.77. The second-order valence-corrected chi connectivity index (χ2v) is 7.75. The molecular weight excluding hydrogens is 380 g/mol. The van der Waals surface area contributed by atoms with Gasteiger partial charge in [-0.1, -0.05) is 35.9 Å². The first-order chi connectivity index (χ1) is 13.0. The molecule has 7 heteroatoms. The van der Waals surface area contributed by atoms with Crippen molar-refractivity contribution in [3.8, 4) is 0 Å². The molecule has 1 amide bonds. The van der Waals surface area contributed by atoms with Crippen molar-refractivity contribution in [2.24, 2.45) is 7.05 Å². The molecule has 0 bridgehead atoms. The average molecular weight is 397 g/mol. The van der Waals surface area contributed by atoms with Gasteiger partial charge in [-0.2, -0.15) is 5.10 Å². The third-order valence-corrected chi connectivity index (χ3v) is 5.75. The summed E-state index contributed by atoms with van der Waals surface area (Å²) in [4.78, 5) is 17.2. The molecule has 0 aliphatic heterocycles. The quantitative estimate of drug-likeness (QED) is 0.537. The summed E-state index contributed by atoms with van der Waals surface area (Å²) in [5.74, 6) is -0.260. The maximum atomic E-state index is 12.5. The van der Waals surface area contributed by atoms with Crippen molar-refractivity contribution in [2.75, 3.05) is 5.32 Å². The minimum Gasteiger partial charge on any atom is -0.322 e. The van der Waals surface area contributed by atoms with Crippen LogP contribution in [0.1, 0.15) is 26.6 Å². The van der Waals surface area contributed by atoms with Gasteiger partial charge >= 0.3 is 0 Å². The zero-order valence-electron chi connectivity index (χ0n) is 14.9. The van der Waals surface area contributed by atoms with Gasteiger partial charge in [0.1, 0.15) is 5.15 Å². The summed E-state index contributed by atoms with van der Waals surface area (Å²) in [7, 11) is 1.71. The molecule has 0 radical (unpaired) electrons. The highest BCUT2D eigenvalue weighted by atomic mass is 35.5. The maximum Gasteiger partial charge on any atom is 0.260 e. The average Bonchev–Trinajstić information content (AvgIpc) is 3.16. The van der Waals surface area contributed by atoms with E-state index in [2.05, 4.69) is 21.5 Å². The van der Waals surface area contributed by atoms with Gasteiger partial charge in [0.25, 0.3) is 5.91 Å². The minimum atomic E-state index is -0.260. The van der Waals surface area contributed by atoms with E-state index in [1.165, 1.54) is 9.38 Å². The molecule has 0 saturated carbocycles. The Morgan fingerprint density at radius 3 is 2.59 bits per heavy atom. The lowest BCUT2D eigenvalue weighted by atomic mass is 10.1. The second-order valence-electron chi connectivity index (χ2n) is 6.28. The summed E-state index contributed by atoms with van der Waals surface area (Å²) >= 11 is 7.86. The van der Waals surface area contributed by atoms with E-state index in [1.54, 1.807) is 25.3 Å².